The molecule has 2 nitrogen and oxygen atoms in total. The van der Waals surface area contributed by atoms with Crippen LogP contribution in [0.5, 0.6) is 0 Å². The van der Waals surface area contributed by atoms with Crippen LogP contribution in [0.15, 0.2) is 28.7 Å². The van der Waals surface area contributed by atoms with Gasteiger partial charge in [0, 0.05) is 24.3 Å². The highest BCUT2D eigenvalue weighted by atomic mass is 79.9. The summed E-state index contributed by atoms with van der Waals surface area (Å²) in [6.07, 6.45) is 0. The van der Waals surface area contributed by atoms with Crippen molar-refractivity contribution in [2.75, 3.05) is 19.4 Å². The number of nitrogens with zero attached hydrogens (tertiary/aromatic N) is 1. The summed E-state index contributed by atoms with van der Waals surface area (Å²) in [4.78, 5) is 1.86. The molecule has 70 valence electrons. The summed E-state index contributed by atoms with van der Waals surface area (Å²) in [7, 11) is 3.82. The first-order chi connectivity index (χ1) is 6.09. The third kappa shape index (κ3) is 3.32. The van der Waals surface area contributed by atoms with Crippen molar-refractivity contribution in [3.63, 3.8) is 0 Å². The highest BCUT2D eigenvalue weighted by Gasteiger charge is 1.98. The van der Waals surface area contributed by atoms with Crippen molar-refractivity contribution in [2.24, 2.45) is 0 Å². The zero-order valence-electron chi connectivity index (χ0n) is 7.54. The molecule has 13 heavy (non-hydrogen) atoms. The minimum Gasteiger partial charge on any atom is -0.355 e. The Kier molecular flexibility index (Phi) is 3.69. The van der Waals surface area contributed by atoms with Gasteiger partial charge in [-0.05, 0) is 30.4 Å². The summed E-state index contributed by atoms with van der Waals surface area (Å²) in [5.74, 6) is 0. The fourth-order valence-corrected chi connectivity index (χ4v) is 1.32. The number of hydrogen-bond donors (Lipinski definition) is 1. The molecule has 0 radical (unpaired) electrons. The molecule has 1 N–H and O–H groups in total. The van der Waals surface area contributed by atoms with Crippen molar-refractivity contribution >= 4 is 38.9 Å². The maximum atomic E-state index is 5.10. The van der Waals surface area contributed by atoms with Gasteiger partial charge in [0.05, 0.1) is 0 Å². The van der Waals surface area contributed by atoms with E-state index in [9.17, 15) is 0 Å². The molecule has 0 aliphatic rings. The normalized spacial score (nSPS) is 9.46. The summed E-state index contributed by atoms with van der Waals surface area (Å²) in [5, 5.41) is 3.82. The molecule has 0 aromatic heterocycles. The van der Waals surface area contributed by atoms with Gasteiger partial charge in [0.1, 0.15) is 0 Å². The number of hydrogen-bond acceptors (Lipinski definition) is 1. The predicted molar refractivity (Wildman–Crippen MR) is 64.0 cm³/mol. The third-order valence-corrected chi connectivity index (χ3v) is 2.44. The van der Waals surface area contributed by atoms with Crippen LogP contribution in [0.25, 0.3) is 0 Å². The van der Waals surface area contributed by atoms with E-state index >= 15 is 0 Å². The van der Waals surface area contributed by atoms with E-state index in [0.29, 0.717) is 5.11 Å². The van der Waals surface area contributed by atoms with Gasteiger partial charge in [-0.25, -0.2) is 0 Å². The summed E-state index contributed by atoms with van der Waals surface area (Å²) in [6.45, 7) is 0. The molecule has 0 saturated carbocycles. The monoisotopic (exact) mass is 258 g/mol. The average Bonchev–Trinajstić information content (AvgIpc) is 2.04. The molecular weight excluding hydrogens is 248 g/mol. The second kappa shape index (κ2) is 4.58. The molecule has 0 aliphatic carbocycles. The maximum Gasteiger partial charge on any atom is 0.172 e. The van der Waals surface area contributed by atoms with E-state index in [4.69, 9.17) is 12.2 Å². The number of thiocarbonyl (C=S) groups is 1. The average molecular weight is 259 g/mol. The Labute approximate surface area is 92.1 Å². The van der Waals surface area contributed by atoms with E-state index in [1.165, 1.54) is 0 Å². The van der Waals surface area contributed by atoms with E-state index in [1.807, 2.05) is 43.3 Å². The zero-order valence-corrected chi connectivity index (χ0v) is 9.95. The molecule has 0 bridgehead atoms. The lowest BCUT2D eigenvalue weighted by Gasteiger charge is -2.15. The fraction of sp³-hybridized carbons (Fsp3) is 0.222. The van der Waals surface area contributed by atoms with Crippen molar-refractivity contribution in [3.05, 3.63) is 28.7 Å². The lowest BCUT2D eigenvalue weighted by Crippen LogP contribution is -2.26. The van der Waals surface area contributed by atoms with Crippen LogP contribution in [0.2, 0.25) is 0 Å². The molecule has 0 fully saturated rings. The van der Waals surface area contributed by atoms with E-state index in [0.717, 1.165) is 10.2 Å². The van der Waals surface area contributed by atoms with Crippen molar-refractivity contribution in [1.29, 1.82) is 0 Å². The van der Waals surface area contributed by atoms with Gasteiger partial charge in [-0.15, -0.1) is 0 Å². The van der Waals surface area contributed by atoms with Crippen molar-refractivity contribution in [3.8, 4) is 0 Å². The van der Waals surface area contributed by atoms with Crippen LogP contribution in [0, 0.1) is 0 Å². The van der Waals surface area contributed by atoms with Crippen molar-refractivity contribution in [1.82, 2.24) is 4.90 Å². The molecule has 4 heteroatoms. The number of anilines is 1. The Morgan fingerprint density at radius 1 is 1.46 bits per heavy atom. The molecular formula is C9H11BrN2S. The molecule has 0 saturated heterocycles. The smallest absolute Gasteiger partial charge is 0.172 e. The Morgan fingerprint density at radius 3 is 2.69 bits per heavy atom. The predicted octanol–water partition coefficient (Wildman–Crippen LogP) is 2.71. The van der Waals surface area contributed by atoms with Gasteiger partial charge in [-0.2, -0.15) is 0 Å². The van der Waals surface area contributed by atoms with Crippen LogP contribution in [0.1, 0.15) is 0 Å². The summed E-state index contributed by atoms with van der Waals surface area (Å²) in [6, 6.07) is 7.89. The van der Waals surface area contributed by atoms with Crippen LogP contribution < -0.4 is 5.32 Å². The highest BCUT2D eigenvalue weighted by molar-refractivity contribution is 9.10. The Hall–Kier alpha value is -0.610. The number of rotatable bonds is 1. The van der Waals surface area contributed by atoms with Crippen molar-refractivity contribution < 1.29 is 0 Å². The van der Waals surface area contributed by atoms with Crippen LogP contribution in [0.4, 0.5) is 5.69 Å². The molecule has 0 atom stereocenters. The Bertz CT molecular complexity index is 312. The molecule has 0 aliphatic heterocycles. The fourth-order valence-electron chi connectivity index (χ4n) is 0.802. The summed E-state index contributed by atoms with van der Waals surface area (Å²) < 4.78 is 1.04. The molecule has 1 aromatic rings. The molecule has 0 amide bonds. The van der Waals surface area contributed by atoms with Gasteiger partial charge in [0.25, 0.3) is 0 Å². The van der Waals surface area contributed by atoms with Crippen LogP contribution >= 0.6 is 28.1 Å². The molecule has 0 heterocycles. The largest absolute Gasteiger partial charge is 0.355 e. The van der Waals surface area contributed by atoms with E-state index in [1.54, 1.807) is 0 Å². The topological polar surface area (TPSA) is 15.3 Å². The maximum absolute atomic E-state index is 5.10. The van der Waals surface area contributed by atoms with E-state index in [2.05, 4.69) is 21.2 Å². The van der Waals surface area contributed by atoms with Gasteiger partial charge in [-0.3, -0.25) is 0 Å². The van der Waals surface area contributed by atoms with E-state index in [-0.39, 0.29) is 0 Å². The second-order valence-corrected chi connectivity index (χ2v) is 4.14. The van der Waals surface area contributed by atoms with Gasteiger partial charge in [0.2, 0.25) is 0 Å². The number of benzene rings is 1. The Balaban J connectivity index is 2.69. The van der Waals surface area contributed by atoms with E-state index < -0.39 is 0 Å². The first-order valence-electron chi connectivity index (χ1n) is 3.83. The van der Waals surface area contributed by atoms with Crippen LogP contribution in [-0.4, -0.2) is 24.1 Å². The van der Waals surface area contributed by atoms with Crippen molar-refractivity contribution in [2.45, 2.75) is 0 Å². The van der Waals surface area contributed by atoms with Crippen LogP contribution in [-0.2, 0) is 0 Å². The molecule has 0 unspecified atom stereocenters. The quantitative estimate of drug-likeness (QED) is 0.781. The third-order valence-electron chi connectivity index (χ3n) is 1.48. The van der Waals surface area contributed by atoms with Gasteiger partial charge < -0.3 is 10.2 Å². The summed E-state index contributed by atoms with van der Waals surface area (Å²) in [5.41, 5.74) is 0.994. The summed E-state index contributed by atoms with van der Waals surface area (Å²) >= 11 is 8.49. The zero-order chi connectivity index (χ0) is 9.84. The molecule has 1 aromatic carbocycles. The minimum atomic E-state index is 0.707. The lowest BCUT2D eigenvalue weighted by molar-refractivity contribution is 0.634. The number of halogens is 1. The van der Waals surface area contributed by atoms with Gasteiger partial charge >= 0.3 is 0 Å². The standard InChI is InChI=1S/C9H11BrN2S/c1-12(2)9(13)11-8-5-3-4-7(10)6-8/h3-6H,1-2H3,(H,11,13). The second-order valence-electron chi connectivity index (χ2n) is 2.83. The highest BCUT2D eigenvalue weighted by Crippen LogP contribution is 2.15. The first kappa shape index (κ1) is 10.5. The molecule has 0 spiro atoms. The van der Waals surface area contributed by atoms with Gasteiger partial charge in [0.15, 0.2) is 5.11 Å². The van der Waals surface area contributed by atoms with Gasteiger partial charge in [-0.1, -0.05) is 22.0 Å². The Morgan fingerprint density at radius 2 is 2.15 bits per heavy atom. The lowest BCUT2D eigenvalue weighted by atomic mass is 10.3. The first-order valence-corrected chi connectivity index (χ1v) is 5.03. The SMILES string of the molecule is CN(C)C(=S)Nc1cccc(Br)c1. The van der Waals surface area contributed by atoms with Crippen LogP contribution in [0.3, 0.4) is 0 Å². The minimum absolute atomic E-state index is 0.707. The number of nitrogens with one attached hydrogen (secondary N) is 1. The molecule has 1 rings (SSSR count).